The largest absolute Gasteiger partial charge is 0.450 e. The van der Waals surface area contributed by atoms with Crippen LogP contribution in [0.3, 0.4) is 0 Å². The van der Waals surface area contributed by atoms with Gasteiger partial charge in [0.25, 0.3) is 5.69 Å². The molecule has 2 aliphatic carbocycles. The second-order valence-corrected chi connectivity index (χ2v) is 10.7. The van der Waals surface area contributed by atoms with Crippen LogP contribution in [0, 0.1) is 38.0 Å². The van der Waals surface area contributed by atoms with E-state index in [-0.39, 0.29) is 11.4 Å². The molecule has 194 valence electrons. The van der Waals surface area contributed by atoms with E-state index in [9.17, 15) is 20.2 Å². The molecule has 0 unspecified atom stereocenters. The lowest BCUT2D eigenvalue weighted by Crippen LogP contribution is -2.25. The van der Waals surface area contributed by atoms with E-state index in [4.69, 9.17) is 4.74 Å². The molecule has 0 saturated heterocycles. The number of hydrogen-bond donors (Lipinski definition) is 0. The Morgan fingerprint density at radius 1 is 0.806 bits per heavy atom. The van der Waals surface area contributed by atoms with Gasteiger partial charge in [-0.3, -0.25) is 20.2 Å². The van der Waals surface area contributed by atoms with Gasteiger partial charge >= 0.3 is 5.69 Å². The van der Waals surface area contributed by atoms with Crippen molar-refractivity contribution in [2.75, 3.05) is 0 Å². The first kappa shape index (κ1) is 26.1. The van der Waals surface area contributed by atoms with Gasteiger partial charge in [0.2, 0.25) is 5.75 Å². The molecular weight excluding hydrogens is 456 g/mol. The monoisotopic (exact) mass is 494 g/mol. The van der Waals surface area contributed by atoms with Crippen LogP contribution in [0.5, 0.6) is 11.5 Å². The summed E-state index contributed by atoms with van der Waals surface area (Å²) in [7, 11) is 0. The van der Waals surface area contributed by atoms with Gasteiger partial charge in [0.05, 0.1) is 15.9 Å². The number of benzene rings is 2. The molecule has 2 aliphatic rings. The average Bonchev–Trinajstić information content (AvgIpc) is 2.90. The number of rotatable bonds is 10. The van der Waals surface area contributed by atoms with E-state index in [1.165, 1.54) is 94.7 Å². The average molecular weight is 495 g/mol. The van der Waals surface area contributed by atoms with E-state index >= 15 is 0 Å². The van der Waals surface area contributed by atoms with Gasteiger partial charge < -0.3 is 4.74 Å². The standard InChI is InChI=1S/C29H38N2O5/c1-2-3-4-5-21-6-8-22(9-7-21)23-10-12-24(13-11-23)25-14-17-27(18-15-25)36-29-19-16-26(30(32)33)20-28(29)31(34)35/h14-24H,2-13H2,1H3. The summed E-state index contributed by atoms with van der Waals surface area (Å²) in [6, 6.07) is 11.2. The third kappa shape index (κ3) is 6.62. The molecule has 0 spiro atoms. The number of non-ortho nitro benzene ring substituents is 1. The fourth-order valence-electron chi connectivity index (χ4n) is 6.34. The topological polar surface area (TPSA) is 95.5 Å². The highest BCUT2D eigenvalue weighted by Crippen LogP contribution is 2.45. The predicted molar refractivity (Wildman–Crippen MR) is 141 cm³/mol. The molecule has 0 atom stereocenters. The SMILES string of the molecule is CCCCCC1CCC(C2CCC(c3ccc(Oc4ccc([N+](=O)[O-])cc4[N+](=O)[O-])cc3)CC2)CC1. The Bertz CT molecular complexity index is 1020. The van der Waals surface area contributed by atoms with Crippen molar-refractivity contribution in [2.24, 2.45) is 17.8 Å². The van der Waals surface area contributed by atoms with E-state index < -0.39 is 15.5 Å². The Kier molecular flexibility index (Phi) is 8.94. The van der Waals surface area contributed by atoms with Crippen LogP contribution in [0.15, 0.2) is 42.5 Å². The summed E-state index contributed by atoms with van der Waals surface area (Å²) in [6.07, 6.45) is 16.3. The Balaban J connectivity index is 1.28. The Morgan fingerprint density at radius 2 is 1.44 bits per heavy atom. The molecule has 0 heterocycles. The first-order valence-electron chi connectivity index (χ1n) is 13.6. The van der Waals surface area contributed by atoms with Crippen molar-refractivity contribution in [1.82, 2.24) is 0 Å². The van der Waals surface area contributed by atoms with Gasteiger partial charge in [-0.2, -0.15) is 0 Å². The quantitative estimate of drug-likeness (QED) is 0.186. The van der Waals surface area contributed by atoms with Crippen molar-refractivity contribution < 1.29 is 14.6 Å². The number of nitro benzene ring substituents is 2. The normalized spacial score (nSPS) is 24.2. The van der Waals surface area contributed by atoms with Crippen molar-refractivity contribution in [3.63, 3.8) is 0 Å². The molecule has 0 N–H and O–H groups in total. The lowest BCUT2D eigenvalue weighted by atomic mass is 9.68. The Labute approximate surface area is 213 Å². The van der Waals surface area contributed by atoms with Gasteiger partial charge in [0, 0.05) is 6.07 Å². The maximum Gasteiger partial charge on any atom is 0.318 e. The highest BCUT2D eigenvalue weighted by atomic mass is 16.6. The van der Waals surface area contributed by atoms with Crippen LogP contribution in [0.2, 0.25) is 0 Å². The minimum atomic E-state index is -0.659. The number of hydrogen-bond acceptors (Lipinski definition) is 5. The van der Waals surface area contributed by atoms with Crippen LogP contribution in [0.4, 0.5) is 11.4 Å². The predicted octanol–water partition coefficient (Wildman–Crippen LogP) is 8.96. The molecule has 2 aromatic carbocycles. The fourth-order valence-corrected chi connectivity index (χ4v) is 6.34. The van der Waals surface area contributed by atoms with E-state index in [1.54, 1.807) is 0 Å². The number of nitrogens with zero attached hydrogens (tertiary/aromatic N) is 2. The van der Waals surface area contributed by atoms with E-state index in [0.29, 0.717) is 11.7 Å². The zero-order valence-corrected chi connectivity index (χ0v) is 21.3. The summed E-state index contributed by atoms with van der Waals surface area (Å²) in [5.41, 5.74) is 0.542. The van der Waals surface area contributed by atoms with Crippen LogP contribution < -0.4 is 4.74 Å². The van der Waals surface area contributed by atoms with Gasteiger partial charge in [-0.1, -0.05) is 57.6 Å². The molecule has 0 aliphatic heterocycles. The second-order valence-electron chi connectivity index (χ2n) is 10.7. The zero-order valence-electron chi connectivity index (χ0n) is 21.3. The van der Waals surface area contributed by atoms with Gasteiger partial charge in [0.15, 0.2) is 0 Å². The van der Waals surface area contributed by atoms with Crippen LogP contribution in [0.25, 0.3) is 0 Å². The summed E-state index contributed by atoms with van der Waals surface area (Å²) in [4.78, 5) is 21.0. The molecule has 36 heavy (non-hydrogen) atoms. The van der Waals surface area contributed by atoms with Gasteiger partial charge in [-0.15, -0.1) is 0 Å². The summed E-state index contributed by atoms with van der Waals surface area (Å²) in [5, 5.41) is 22.3. The van der Waals surface area contributed by atoms with Crippen LogP contribution in [-0.4, -0.2) is 9.85 Å². The molecule has 2 aromatic rings. The first-order chi connectivity index (χ1) is 17.4. The highest BCUT2D eigenvalue weighted by molar-refractivity contribution is 5.54. The van der Waals surface area contributed by atoms with E-state index in [0.717, 1.165) is 23.8 Å². The van der Waals surface area contributed by atoms with Crippen LogP contribution >= 0.6 is 0 Å². The van der Waals surface area contributed by atoms with Crippen molar-refractivity contribution in [3.05, 3.63) is 68.3 Å². The maximum atomic E-state index is 11.4. The van der Waals surface area contributed by atoms with Crippen molar-refractivity contribution in [1.29, 1.82) is 0 Å². The summed E-state index contributed by atoms with van der Waals surface area (Å²) >= 11 is 0. The zero-order chi connectivity index (χ0) is 25.5. The lowest BCUT2D eigenvalue weighted by Gasteiger charge is -2.38. The molecule has 2 fully saturated rings. The lowest BCUT2D eigenvalue weighted by molar-refractivity contribution is -0.394. The molecule has 0 bridgehead atoms. The first-order valence-corrected chi connectivity index (χ1v) is 13.6. The Hall–Kier alpha value is -2.96. The maximum absolute atomic E-state index is 11.4. The van der Waals surface area contributed by atoms with Gasteiger partial charge in [-0.25, -0.2) is 0 Å². The molecule has 0 amide bonds. The highest BCUT2D eigenvalue weighted by Gasteiger charge is 2.31. The molecule has 7 nitrogen and oxygen atoms in total. The van der Waals surface area contributed by atoms with Gasteiger partial charge in [-0.05, 0) is 86.0 Å². The van der Waals surface area contributed by atoms with Crippen molar-refractivity contribution in [2.45, 2.75) is 89.9 Å². The van der Waals surface area contributed by atoms with E-state index in [2.05, 4.69) is 19.1 Å². The summed E-state index contributed by atoms with van der Waals surface area (Å²) < 4.78 is 5.72. The summed E-state index contributed by atoms with van der Waals surface area (Å²) in [5.74, 6) is 3.80. The third-order valence-electron chi connectivity index (χ3n) is 8.48. The number of nitro groups is 2. The molecule has 0 aromatic heterocycles. The van der Waals surface area contributed by atoms with Crippen LogP contribution in [0.1, 0.15) is 95.5 Å². The molecular formula is C29H38N2O5. The minimum absolute atomic E-state index is 0.000979. The van der Waals surface area contributed by atoms with E-state index in [1.807, 2.05) is 12.1 Å². The molecule has 0 radical (unpaired) electrons. The van der Waals surface area contributed by atoms with Crippen molar-refractivity contribution >= 4 is 11.4 Å². The molecule has 4 rings (SSSR count). The summed E-state index contributed by atoms with van der Waals surface area (Å²) in [6.45, 7) is 2.28. The van der Waals surface area contributed by atoms with Crippen molar-refractivity contribution in [3.8, 4) is 11.5 Å². The third-order valence-corrected chi connectivity index (χ3v) is 8.48. The fraction of sp³-hybridized carbons (Fsp3) is 0.586. The Morgan fingerprint density at radius 3 is 2.03 bits per heavy atom. The van der Waals surface area contributed by atoms with Crippen LogP contribution in [-0.2, 0) is 0 Å². The second kappa shape index (κ2) is 12.3. The minimum Gasteiger partial charge on any atom is -0.450 e. The number of ether oxygens (including phenoxy) is 1. The van der Waals surface area contributed by atoms with Gasteiger partial charge in [0.1, 0.15) is 5.75 Å². The molecule has 7 heteroatoms. The smallest absolute Gasteiger partial charge is 0.318 e. The number of unbranched alkanes of at least 4 members (excludes halogenated alkanes) is 2. The molecule has 2 saturated carbocycles.